The van der Waals surface area contributed by atoms with Crippen molar-refractivity contribution in [2.75, 3.05) is 6.61 Å². The Hall–Kier alpha value is -2.85. The summed E-state index contributed by atoms with van der Waals surface area (Å²) >= 11 is 0. The fourth-order valence-electron chi connectivity index (χ4n) is 3.44. The lowest BCUT2D eigenvalue weighted by Gasteiger charge is -2.20. The third-order valence-corrected chi connectivity index (χ3v) is 5.27. The van der Waals surface area contributed by atoms with Gasteiger partial charge in [0.25, 0.3) is 5.91 Å². The molecule has 1 heterocycles. The Kier molecular flexibility index (Phi) is 6.15. The summed E-state index contributed by atoms with van der Waals surface area (Å²) in [5.74, 6) is 0.442. The molecule has 1 fully saturated rings. The number of amides is 1. The van der Waals surface area contributed by atoms with Crippen molar-refractivity contribution in [3.05, 3.63) is 46.6 Å². The lowest BCUT2D eigenvalue weighted by molar-refractivity contribution is 0.0281. The number of hydrogen-bond acceptors (Lipinski definition) is 4. The third-order valence-electron chi connectivity index (χ3n) is 5.27. The maximum Gasteiger partial charge on any atom is 0.282 e. The van der Waals surface area contributed by atoms with E-state index in [1.54, 1.807) is 26.0 Å². The number of nitriles is 1. The van der Waals surface area contributed by atoms with Crippen LogP contribution >= 0.6 is 0 Å². The minimum absolute atomic E-state index is 0.0143. The van der Waals surface area contributed by atoms with Gasteiger partial charge < -0.3 is 9.84 Å². The summed E-state index contributed by atoms with van der Waals surface area (Å²) in [5, 5.41) is 19.3. The van der Waals surface area contributed by atoms with Gasteiger partial charge in [0.05, 0.1) is 22.8 Å². The summed E-state index contributed by atoms with van der Waals surface area (Å²) in [5.41, 5.74) is 1.09. The second kappa shape index (κ2) is 8.35. The van der Waals surface area contributed by atoms with Crippen molar-refractivity contribution in [2.45, 2.75) is 65.0 Å². The highest BCUT2D eigenvalue weighted by atomic mass is 16.5. The second-order valence-electron chi connectivity index (χ2n) is 10.0. The van der Waals surface area contributed by atoms with Gasteiger partial charge in [-0.2, -0.15) is 10.3 Å². The molecule has 1 saturated carbocycles. The van der Waals surface area contributed by atoms with E-state index in [1.165, 1.54) is 18.9 Å². The quantitative estimate of drug-likeness (QED) is 0.770. The molecular formula is C24H32N4O3. The summed E-state index contributed by atoms with van der Waals surface area (Å²) in [6, 6.07) is 8.68. The van der Waals surface area contributed by atoms with Crippen molar-refractivity contribution in [1.29, 1.82) is 5.26 Å². The van der Waals surface area contributed by atoms with Gasteiger partial charge in [-0.3, -0.25) is 14.2 Å². The van der Waals surface area contributed by atoms with Crippen LogP contribution in [0.4, 0.5) is 0 Å². The highest BCUT2D eigenvalue weighted by Crippen LogP contribution is 2.31. The monoisotopic (exact) mass is 424 g/mol. The van der Waals surface area contributed by atoms with Gasteiger partial charge in [-0.25, -0.2) is 0 Å². The molecular weight excluding hydrogens is 392 g/mol. The standard InChI is InChI=1S/C24H32N4O3/c1-23(2,3)20-12-21(28(27(20)6)14-16-7-8-16)26-22(29)18-11-17(13-25)9-10-19(18)31-15-24(4,5)30/h9-12,16,30H,7-8,14-15H2,1-6H3/b26-21+. The van der Waals surface area contributed by atoms with E-state index in [0.717, 1.165) is 12.2 Å². The molecule has 31 heavy (non-hydrogen) atoms. The smallest absolute Gasteiger partial charge is 0.282 e. The van der Waals surface area contributed by atoms with Crippen molar-refractivity contribution >= 4 is 5.91 Å². The number of aromatic nitrogens is 2. The Morgan fingerprint density at radius 3 is 2.48 bits per heavy atom. The number of hydrogen-bond donors (Lipinski definition) is 1. The first kappa shape index (κ1) is 22.8. The van der Waals surface area contributed by atoms with Gasteiger partial charge in [0, 0.05) is 30.8 Å². The Balaban J connectivity index is 2.06. The predicted octanol–water partition coefficient (Wildman–Crippen LogP) is 3.30. The Bertz CT molecular complexity index is 1080. The van der Waals surface area contributed by atoms with Crippen LogP contribution in [-0.4, -0.2) is 32.6 Å². The Labute approximate surface area is 183 Å². The minimum Gasteiger partial charge on any atom is -0.490 e. The molecule has 0 aliphatic heterocycles. The van der Waals surface area contributed by atoms with Crippen LogP contribution in [0.5, 0.6) is 5.75 Å². The van der Waals surface area contributed by atoms with E-state index < -0.39 is 11.5 Å². The maximum absolute atomic E-state index is 13.2. The van der Waals surface area contributed by atoms with Crippen molar-refractivity contribution in [3.8, 4) is 11.8 Å². The van der Waals surface area contributed by atoms with Gasteiger partial charge in [0.2, 0.25) is 0 Å². The van der Waals surface area contributed by atoms with Crippen molar-refractivity contribution in [1.82, 2.24) is 9.36 Å². The van der Waals surface area contributed by atoms with Gasteiger partial charge in [-0.15, -0.1) is 0 Å². The molecule has 0 saturated heterocycles. The molecule has 2 aromatic rings. The van der Waals surface area contributed by atoms with Crippen LogP contribution in [0.2, 0.25) is 0 Å². The molecule has 0 unspecified atom stereocenters. The van der Waals surface area contributed by atoms with Gasteiger partial charge in [0.1, 0.15) is 12.4 Å². The topological polar surface area (TPSA) is 92.5 Å². The summed E-state index contributed by atoms with van der Waals surface area (Å²) in [7, 11) is 2.00. The fraction of sp³-hybridized carbons (Fsp3) is 0.542. The van der Waals surface area contributed by atoms with E-state index in [1.807, 2.05) is 13.1 Å². The molecule has 7 heteroatoms. The van der Waals surface area contributed by atoms with Gasteiger partial charge in [-0.1, -0.05) is 20.8 Å². The summed E-state index contributed by atoms with van der Waals surface area (Å²) in [6.45, 7) is 10.5. The molecule has 1 aromatic carbocycles. The molecule has 0 spiro atoms. The van der Waals surface area contributed by atoms with Gasteiger partial charge in [-0.05, 0) is 50.8 Å². The normalized spacial score (nSPS) is 15.1. The van der Waals surface area contributed by atoms with Crippen molar-refractivity contribution in [3.63, 3.8) is 0 Å². The van der Waals surface area contributed by atoms with Crippen LogP contribution in [0.25, 0.3) is 0 Å². The molecule has 1 N–H and O–H groups in total. The predicted molar refractivity (Wildman–Crippen MR) is 118 cm³/mol. The lowest BCUT2D eigenvalue weighted by Crippen LogP contribution is -2.28. The van der Waals surface area contributed by atoms with Crippen LogP contribution in [0, 0.1) is 17.2 Å². The highest BCUT2D eigenvalue weighted by molar-refractivity contribution is 5.98. The molecule has 1 amide bonds. The van der Waals surface area contributed by atoms with Crippen LogP contribution in [0.1, 0.15) is 69.1 Å². The molecule has 1 aliphatic carbocycles. The molecule has 1 aromatic heterocycles. The summed E-state index contributed by atoms with van der Waals surface area (Å²) in [6.07, 6.45) is 2.38. The van der Waals surface area contributed by atoms with Crippen molar-refractivity contribution < 1.29 is 14.6 Å². The van der Waals surface area contributed by atoms with E-state index in [0.29, 0.717) is 22.7 Å². The first-order valence-corrected chi connectivity index (χ1v) is 10.6. The van der Waals surface area contributed by atoms with Crippen LogP contribution in [0.15, 0.2) is 29.3 Å². The third kappa shape index (κ3) is 5.65. The Morgan fingerprint density at radius 1 is 1.26 bits per heavy atom. The first-order chi connectivity index (χ1) is 14.4. The number of rotatable bonds is 6. The van der Waals surface area contributed by atoms with Crippen LogP contribution in [-0.2, 0) is 19.0 Å². The number of benzene rings is 1. The molecule has 3 rings (SSSR count). The maximum atomic E-state index is 13.2. The average Bonchev–Trinajstić information content (AvgIpc) is 3.44. The van der Waals surface area contributed by atoms with Crippen molar-refractivity contribution in [2.24, 2.45) is 18.0 Å². The summed E-state index contributed by atoms with van der Waals surface area (Å²) < 4.78 is 9.84. The molecule has 0 bridgehead atoms. The number of carbonyl (C=O) groups excluding carboxylic acids is 1. The van der Waals surface area contributed by atoms with E-state index in [2.05, 4.69) is 41.2 Å². The molecule has 7 nitrogen and oxygen atoms in total. The number of nitrogens with zero attached hydrogens (tertiary/aromatic N) is 4. The molecule has 0 atom stereocenters. The largest absolute Gasteiger partial charge is 0.490 e. The molecule has 166 valence electrons. The second-order valence-corrected chi connectivity index (χ2v) is 10.0. The zero-order chi connectivity index (χ0) is 23.0. The zero-order valence-electron chi connectivity index (χ0n) is 19.3. The van der Waals surface area contributed by atoms with E-state index in [9.17, 15) is 15.2 Å². The van der Waals surface area contributed by atoms with E-state index in [-0.39, 0.29) is 17.6 Å². The Morgan fingerprint density at radius 2 is 1.94 bits per heavy atom. The van der Waals surface area contributed by atoms with Crippen LogP contribution in [0.3, 0.4) is 0 Å². The van der Waals surface area contributed by atoms with E-state index >= 15 is 0 Å². The zero-order valence-corrected chi connectivity index (χ0v) is 19.3. The SMILES string of the molecule is Cn1c(C(C)(C)C)c/c(=N\C(=O)c2cc(C#N)ccc2OCC(C)(C)O)n1CC1CC1. The number of aliphatic hydroxyl groups is 1. The number of ether oxygens (including phenoxy) is 1. The lowest BCUT2D eigenvalue weighted by atomic mass is 9.92. The van der Waals surface area contributed by atoms with Crippen LogP contribution < -0.4 is 10.2 Å². The minimum atomic E-state index is -1.06. The fourth-order valence-corrected chi connectivity index (χ4v) is 3.44. The first-order valence-electron chi connectivity index (χ1n) is 10.6. The molecule has 0 radical (unpaired) electrons. The summed E-state index contributed by atoms with van der Waals surface area (Å²) in [4.78, 5) is 17.6. The average molecular weight is 425 g/mol. The van der Waals surface area contributed by atoms with E-state index in [4.69, 9.17) is 4.74 Å². The highest BCUT2D eigenvalue weighted by Gasteiger charge is 2.26. The van der Waals surface area contributed by atoms with Gasteiger partial charge >= 0.3 is 0 Å². The molecule has 1 aliphatic rings. The van der Waals surface area contributed by atoms with Gasteiger partial charge in [0.15, 0.2) is 5.49 Å². The number of carbonyl (C=O) groups is 1.